The largest absolute Gasteiger partial charge is 0.339 e. The number of hydrogen-bond acceptors (Lipinski definition) is 6. The van der Waals surface area contributed by atoms with Gasteiger partial charge in [-0.05, 0) is 24.5 Å². The fourth-order valence-electron chi connectivity index (χ4n) is 3.93. The molecule has 1 amide bonds. The van der Waals surface area contributed by atoms with Gasteiger partial charge in [0.15, 0.2) is 0 Å². The maximum Gasteiger partial charge on any atom is 0.270 e. The lowest BCUT2D eigenvalue weighted by Crippen LogP contribution is -2.35. The van der Waals surface area contributed by atoms with E-state index in [0.717, 1.165) is 11.1 Å². The molecular formula is C27H26N4O4. The molecule has 0 fully saturated rings. The van der Waals surface area contributed by atoms with Crippen molar-refractivity contribution < 1.29 is 14.2 Å². The smallest absolute Gasteiger partial charge is 0.270 e. The summed E-state index contributed by atoms with van der Waals surface area (Å²) < 4.78 is 5.40. The molecule has 0 aliphatic rings. The molecule has 0 radical (unpaired) electrons. The van der Waals surface area contributed by atoms with Crippen molar-refractivity contribution >= 4 is 11.6 Å². The molecule has 1 atom stereocenters. The molecule has 1 aromatic heterocycles. The van der Waals surface area contributed by atoms with Crippen LogP contribution in [0.4, 0.5) is 5.69 Å². The zero-order valence-corrected chi connectivity index (χ0v) is 19.4. The minimum atomic E-state index is -0.464. The number of nitrogens with zero attached hydrogens (tertiary/aromatic N) is 4. The van der Waals surface area contributed by atoms with Crippen LogP contribution < -0.4 is 0 Å². The van der Waals surface area contributed by atoms with Crippen LogP contribution in [0, 0.1) is 10.1 Å². The molecule has 0 saturated carbocycles. The van der Waals surface area contributed by atoms with Gasteiger partial charge in [-0.1, -0.05) is 78.0 Å². The predicted molar refractivity (Wildman–Crippen MR) is 131 cm³/mol. The van der Waals surface area contributed by atoms with E-state index in [1.165, 1.54) is 12.1 Å². The number of hydrogen-bond donors (Lipinski definition) is 0. The molecule has 0 aliphatic heterocycles. The molecule has 8 heteroatoms. The van der Waals surface area contributed by atoms with E-state index in [9.17, 15) is 14.9 Å². The van der Waals surface area contributed by atoms with Gasteiger partial charge < -0.3 is 9.42 Å². The van der Waals surface area contributed by atoms with Gasteiger partial charge in [0.25, 0.3) is 5.69 Å². The lowest BCUT2D eigenvalue weighted by atomic mass is 10.0. The van der Waals surface area contributed by atoms with Crippen LogP contribution in [0.25, 0.3) is 11.4 Å². The van der Waals surface area contributed by atoms with Gasteiger partial charge in [0.2, 0.25) is 17.6 Å². The highest BCUT2D eigenvalue weighted by atomic mass is 16.6. The molecule has 0 N–H and O–H groups in total. The minimum Gasteiger partial charge on any atom is -0.339 e. The Morgan fingerprint density at radius 2 is 1.71 bits per heavy atom. The Morgan fingerprint density at radius 1 is 1.00 bits per heavy atom. The van der Waals surface area contributed by atoms with Crippen molar-refractivity contribution in [2.45, 2.75) is 32.2 Å². The highest BCUT2D eigenvalue weighted by Gasteiger charge is 2.22. The minimum absolute atomic E-state index is 0.0410. The standard InChI is InChI=1S/C27H26N4O4/c1-20(22-11-6-3-7-12-22)30(26(32)16-15-21-9-4-2-5-10-21)18-17-25-28-27(29-35-25)23-13-8-14-24(19-23)31(33)34/h2-14,19-20H,15-18H2,1H3/t20-/m0/s1. The lowest BCUT2D eigenvalue weighted by Gasteiger charge is -2.29. The highest BCUT2D eigenvalue weighted by Crippen LogP contribution is 2.24. The van der Waals surface area contributed by atoms with Crippen molar-refractivity contribution in [3.63, 3.8) is 0 Å². The third kappa shape index (κ3) is 6.17. The second-order valence-corrected chi connectivity index (χ2v) is 8.23. The quantitative estimate of drug-likeness (QED) is 0.227. The number of carbonyl (C=O) groups excluding carboxylic acids is 1. The Labute approximate surface area is 203 Å². The fraction of sp³-hybridized carbons (Fsp3) is 0.222. The molecule has 4 aromatic rings. The first-order valence-corrected chi connectivity index (χ1v) is 11.5. The molecule has 0 bridgehead atoms. The summed E-state index contributed by atoms with van der Waals surface area (Å²) in [5, 5.41) is 15.0. The summed E-state index contributed by atoms with van der Waals surface area (Å²) in [4.78, 5) is 30.1. The summed E-state index contributed by atoms with van der Waals surface area (Å²) in [6, 6.07) is 25.8. The second kappa shape index (κ2) is 11.2. The topological polar surface area (TPSA) is 102 Å². The highest BCUT2D eigenvalue weighted by molar-refractivity contribution is 5.77. The average Bonchev–Trinajstić information content (AvgIpc) is 3.38. The maximum atomic E-state index is 13.3. The number of amides is 1. The lowest BCUT2D eigenvalue weighted by molar-refractivity contribution is -0.384. The Kier molecular flexibility index (Phi) is 7.62. The summed E-state index contributed by atoms with van der Waals surface area (Å²) in [5.41, 5.74) is 2.62. The molecule has 0 unspecified atom stereocenters. The van der Waals surface area contributed by atoms with Crippen LogP contribution in [0.5, 0.6) is 0 Å². The van der Waals surface area contributed by atoms with Gasteiger partial charge >= 0.3 is 0 Å². The number of nitro benzene ring substituents is 1. The first-order valence-electron chi connectivity index (χ1n) is 11.5. The van der Waals surface area contributed by atoms with E-state index in [1.807, 2.05) is 72.5 Å². The van der Waals surface area contributed by atoms with E-state index in [-0.39, 0.29) is 23.5 Å². The number of benzene rings is 3. The van der Waals surface area contributed by atoms with E-state index in [2.05, 4.69) is 10.1 Å². The van der Waals surface area contributed by atoms with Crippen LogP contribution in [0.3, 0.4) is 0 Å². The molecule has 0 aliphatic carbocycles. The molecule has 0 saturated heterocycles. The number of aromatic nitrogens is 2. The normalized spacial score (nSPS) is 11.7. The first-order chi connectivity index (χ1) is 17.0. The maximum absolute atomic E-state index is 13.3. The van der Waals surface area contributed by atoms with Crippen LogP contribution in [0.1, 0.15) is 36.4 Å². The molecular weight excluding hydrogens is 444 g/mol. The van der Waals surface area contributed by atoms with Crippen molar-refractivity contribution in [1.29, 1.82) is 0 Å². The van der Waals surface area contributed by atoms with Gasteiger partial charge in [-0.3, -0.25) is 14.9 Å². The fourth-order valence-corrected chi connectivity index (χ4v) is 3.93. The van der Waals surface area contributed by atoms with Crippen LogP contribution in [0.15, 0.2) is 89.5 Å². The van der Waals surface area contributed by atoms with E-state index in [0.29, 0.717) is 37.3 Å². The van der Waals surface area contributed by atoms with Gasteiger partial charge in [-0.2, -0.15) is 4.98 Å². The molecule has 178 valence electrons. The average molecular weight is 471 g/mol. The summed E-state index contributed by atoms with van der Waals surface area (Å²) in [5.74, 6) is 0.693. The van der Waals surface area contributed by atoms with Crippen LogP contribution in [-0.2, 0) is 17.6 Å². The predicted octanol–water partition coefficient (Wildman–Crippen LogP) is 5.41. The van der Waals surface area contributed by atoms with E-state index >= 15 is 0 Å². The van der Waals surface area contributed by atoms with Crippen molar-refractivity contribution in [3.05, 3.63) is 112 Å². The van der Waals surface area contributed by atoms with Gasteiger partial charge in [0.05, 0.1) is 11.0 Å². The van der Waals surface area contributed by atoms with Crippen molar-refractivity contribution in [2.24, 2.45) is 0 Å². The second-order valence-electron chi connectivity index (χ2n) is 8.23. The summed E-state index contributed by atoms with van der Waals surface area (Å²) in [6.45, 7) is 2.42. The zero-order valence-electron chi connectivity index (χ0n) is 19.4. The molecule has 8 nitrogen and oxygen atoms in total. The van der Waals surface area contributed by atoms with E-state index in [4.69, 9.17) is 4.52 Å². The molecule has 3 aromatic carbocycles. The number of carbonyl (C=O) groups is 1. The Balaban J connectivity index is 1.47. The van der Waals surface area contributed by atoms with Gasteiger partial charge in [-0.25, -0.2) is 0 Å². The Hall–Kier alpha value is -4.33. The van der Waals surface area contributed by atoms with Crippen LogP contribution in [0.2, 0.25) is 0 Å². The number of nitro groups is 1. The van der Waals surface area contributed by atoms with Crippen molar-refractivity contribution in [1.82, 2.24) is 15.0 Å². The first kappa shape index (κ1) is 23.8. The van der Waals surface area contributed by atoms with Gasteiger partial charge in [-0.15, -0.1) is 0 Å². The van der Waals surface area contributed by atoms with Crippen LogP contribution in [-0.4, -0.2) is 32.4 Å². The van der Waals surface area contributed by atoms with Crippen molar-refractivity contribution in [3.8, 4) is 11.4 Å². The van der Waals surface area contributed by atoms with Crippen molar-refractivity contribution in [2.75, 3.05) is 6.54 Å². The molecule has 35 heavy (non-hydrogen) atoms. The number of aryl methyl sites for hydroxylation is 1. The number of rotatable bonds is 10. The third-order valence-corrected chi connectivity index (χ3v) is 5.89. The Bertz CT molecular complexity index is 1270. The summed E-state index contributed by atoms with van der Waals surface area (Å²) in [6.07, 6.45) is 1.43. The van der Waals surface area contributed by atoms with E-state index < -0.39 is 4.92 Å². The molecule has 0 spiro atoms. The Morgan fingerprint density at radius 3 is 2.43 bits per heavy atom. The zero-order chi connectivity index (χ0) is 24.6. The molecule has 1 heterocycles. The summed E-state index contributed by atoms with van der Waals surface area (Å²) in [7, 11) is 0. The van der Waals surface area contributed by atoms with Crippen LogP contribution >= 0.6 is 0 Å². The van der Waals surface area contributed by atoms with E-state index in [1.54, 1.807) is 12.1 Å². The molecule has 4 rings (SSSR count). The van der Waals surface area contributed by atoms with Gasteiger partial charge in [0, 0.05) is 37.1 Å². The third-order valence-electron chi connectivity index (χ3n) is 5.89. The monoisotopic (exact) mass is 470 g/mol. The summed E-state index contributed by atoms with van der Waals surface area (Å²) >= 11 is 0. The SMILES string of the molecule is C[C@@H](c1ccccc1)N(CCc1nc(-c2cccc([N+](=O)[O-])c2)no1)C(=O)CCc1ccccc1. The van der Waals surface area contributed by atoms with Gasteiger partial charge in [0.1, 0.15) is 0 Å². The number of non-ortho nitro benzene ring substituents is 1.